The summed E-state index contributed by atoms with van der Waals surface area (Å²) in [4.78, 5) is 23.4. The second kappa shape index (κ2) is 9.92. The Morgan fingerprint density at radius 1 is 0.931 bits per heavy atom. The average molecular weight is 420 g/mol. The van der Waals surface area contributed by atoms with E-state index in [0.717, 1.165) is 11.1 Å². The number of nitrogens with one attached hydrogen (secondary N) is 3. The van der Waals surface area contributed by atoms with Crippen molar-refractivity contribution in [3.05, 3.63) is 59.2 Å². The number of sulfonamides is 1. The summed E-state index contributed by atoms with van der Waals surface area (Å²) in [5.74, 6) is -0.334. The van der Waals surface area contributed by atoms with Gasteiger partial charge in [-0.2, -0.15) is 0 Å². The van der Waals surface area contributed by atoms with E-state index in [2.05, 4.69) is 15.4 Å². The van der Waals surface area contributed by atoms with E-state index >= 15 is 0 Å². The number of ether oxygens (including phenoxy) is 1. The molecule has 0 radical (unpaired) electrons. The van der Waals surface area contributed by atoms with Gasteiger partial charge in [-0.15, -0.1) is 0 Å². The molecule has 0 spiro atoms. The molecule has 156 valence electrons. The second-order valence-electron chi connectivity index (χ2n) is 6.33. The highest BCUT2D eigenvalue weighted by Crippen LogP contribution is 2.19. The van der Waals surface area contributed by atoms with Crippen LogP contribution in [0.5, 0.6) is 0 Å². The van der Waals surface area contributed by atoms with Gasteiger partial charge in [-0.05, 0) is 68.3 Å². The smallest absolute Gasteiger partial charge is 0.407 e. The van der Waals surface area contributed by atoms with Gasteiger partial charge in [-0.25, -0.2) is 13.2 Å². The summed E-state index contributed by atoms with van der Waals surface area (Å²) in [5.41, 5.74) is 2.62. The van der Waals surface area contributed by atoms with Crippen LogP contribution in [-0.4, -0.2) is 40.1 Å². The van der Waals surface area contributed by atoms with Crippen LogP contribution in [0.3, 0.4) is 0 Å². The first-order valence-corrected chi connectivity index (χ1v) is 10.6. The van der Waals surface area contributed by atoms with Crippen molar-refractivity contribution in [3.63, 3.8) is 0 Å². The zero-order chi connectivity index (χ0) is 21.4. The fraction of sp³-hybridized carbons (Fsp3) is 0.300. The quantitative estimate of drug-likeness (QED) is 0.569. The number of alkyl carbamates (subject to hydrolysis) is 1. The number of hydrogen-bond acceptors (Lipinski definition) is 5. The molecule has 0 atom stereocenters. The van der Waals surface area contributed by atoms with Gasteiger partial charge in [0.1, 0.15) is 0 Å². The van der Waals surface area contributed by atoms with E-state index in [1.165, 1.54) is 24.3 Å². The number of benzene rings is 2. The summed E-state index contributed by atoms with van der Waals surface area (Å²) in [6, 6.07) is 11.0. The maximum atomic E-state index is 12.5. The Kier molecular flexibility index (Phi) is 7.60. The van der Waals surface area contributed by atoms with Crippen LogP contribution in [0.1, 0.15) is 28.4 Å². The number of anilines is 1. The van der Waals surface area contributed by atoms with Crippen LogP contribution in [0.15, 0.2) is 47.4 Å². The standard InChI is InChI=1S/C20H25N3O5S/c1-4-28-20(25)22-12-11-21-19(24)16-6-8-17(9-7-16)23-29(26,27)18-10-5-14(2)15(3)13-18/h5-10,13,23H,4,11-12H2,1-3H3,(H,21,24)(H,22,25). The average Bonchev–Trinajstić information content (AvgIpc) is 2.67. The Bertz CT molecular complexity index is 972. The fourth-order valence-electron chi connectivity index (χ4n) is 2.41. The maximum Gasteiger partial charge on any atom is 0.407 e. The molecule has 0 fully saturated rings. The molecule has 8 nitrogen and oxygen atoms in total. The molecule has 9 heteroatoms. The highest BCUT2D eigenvalue weighted by molar-refractivity contribution is 7.92. The molecule has 0 bridgehead atoms. The molecule has 2 rings (SSSR count). The summed E-state index contributed by atoms with van der Waals surface area (Å²) in [6.45, 7) is 6.21. The van der Waals surface area contributed by atoms with E-state index in [9.17, 15) is 18.0 Å². The molecule has 0 aliphatic carbocycles. The predicted octanol–water partition coefficient (Wildman–Crippen LogP) is 2.58. The molecular formula is C20H25N3O5S. The largest absolute Gasteiger partial charge is 0.450 e. The molecule has 0 aliphatic heterocycles. The minimum absolute atomic E-state index is 0.177. The summed E-state index contributed by atoms with van der Waals surface area (Å²) >= 11 is 0. The van der Waals surface area contributed by atoms with Gasteiger partial charge in [0.05, 0.1) is 11.5 Å². The van der Waals surface area contributed by atoms with Crippen LogP contribution >= 0.6 is 0 Å². The first-order valence-electron chi connectivity index (χ1n) is 9.12. The molecule has 3 N–H and O–H groups in total. The van der Waals surface area contributed by atoms with Gasteiger partial charge in [0, 0.05) is 24.3 Å². The number of amides is 2. The zero-order valence-corrected chi connectivity index (χ0v) is 17.4. The van der Waals surface area contributed by atoms with Crippen molar-refractivity contribution in [1.82, 2.24) is 10.6 Å². The van der Waals surface area contributed by atoms with Crippen molar-refractivity contribution in [1.29, 1.82) is 0 Å². The summed E-state index contributed by atoms with van der Waals surface area (Å²) in [7, 11) is -3.72. The summed E-state index contributed by atoms with van der Waals surface area (Å²) < 4.78 is 32.3. The lowest BCUT2D eigenvalue weighted by Gasteiger charge is -2.11. The van der Waals surface area contributed by atoms with E-state index in [-0.39, 0.29) is 30.5 Å². The van der Waals surface area contributed by atoms with Crippen molar-refractivity contribution >= 4 is 27.7 Å². The van der Waals surface area contributed by atoms with Crippen LogP contribution in [0, 0.1) is 13.8 Å². The molecule has 0 unspecified atom stereocenters. The van der Waals surface area contributed by atoms with E-state index < -0.39 is 16.1 Å². The molecule has 0 heterocycles. The first-order chi connectivity index (χ1) is 13.7. The van der Waals surface area contributed by atoms with E-state index in [1.807, 2.05) is 13.8 Å². The van der Waals surface area contributed by atoms with Crippen LogP contribution in [0.4, 0.5) is 10.5 Å². The number of rotatable bonds is 8. The van der Waals surface area contributed by atoms with Gasteiger partial charge in [-0.3, -0.25) is 9.52 Å². The molecule has 0 aromatic heterocycles. The molecule has 0 saturated carbocycles. The second-order valence-corrected chi connectivity index (χ2v) is 8.01. The third-order valence-corrected chi connectivity index (χ3v) is 5.52. The van der Waals surface area contributed by atoms with Crippen molar-refractivity contribution in [2.75, 3.05) is 24.4 Å². The maximum absolute atomic E-state index is 12.5. The lowest BCUT2D eigenvalue weighted by atomic mass is 10.1. The Morgan fingerprint density at radius 3 is 2.21 bits per heavy atom. The molecule has 0 aliphatic rings. The zero-order valence-electron chi connectivity index (χ0n) is 16.6. The Hall–Kier alpha value is -3.07. The van der Waals surface area contributed by atoms with Gasteiger partial charge in [0.2, 0.25) is 0 Å². The van der Waals surface area contributed by atoms with Crippen LogP contribution in [0.2, 0.25) is 0 Å². The van der Waals surface area contributed by atoms with Crippen molar-refractivity contribution in [2.45, 2.75) is 25.7 Å². The van der Waals surface area contributed by atoms with Gasteiger partial charge in [0.15, 0.2) is 0 Å². The minimum Gasteiger partial charge on any atom is -0.450 e. The highest BCUT2D eigenvalue weighted by Gasteiger charge is 2.15. The van der Waals surface area contributed by atoms with Crippen LogP contribution < -0.4 is 15.4 Å². The lowest BCUT2D eigenvalue weighted by Crippen LogP contribution is -2.34. The minimum atomic E-state index is -3.72. The topological polar surface area (TPSA) is 114 Å². The van der Waals surface area contributed by atoms with Gasteiger partial charge in [0.25, 0.3) is 15.9 Å². The van der Waals surface area contributed by atoms with Gasteiger partial charge < -0.3 is 15.4 Å². The van der Waals surface area contributed by atoms with Gasteiger partial charge >= 0.3 is 6.09 Å². The van der Waals surface area contributed by atoms with Crippen molar-refractivity contribution < 1.29 is 22.7 Å². The molecule has 2 amide bonds. The third kappa shape index (κ3) is 6.49. The third-order valence-electron chi connectivity index (χ3n) is 4.14. The highest BCUT2D eigenvalue weighted by atomic mass is 32.2. The Balaban J connectivity index is 1.93. The molecule has 2 aromatic rings. The number of hydrogen-bond donors (Lipinski definition) is 3. The van der Waals surface area contributed by atoms with E-state index in [1.54, 1.807) is 25.1 Å². The first kappa shape index (κ1) is 22.2. The fourth-order valence-corrected chi connectivity index (χ4v) is 3.55. The number of carbonyl (C=O) groups excluding carboxylic acids is 2. The molecular weight excluding hydrogens is 394 g/mol. The van der Waals surface area contributed by atoms with Crippen molar-refractivity contribution in [3.8, 4) is 0 Å². The molecule has 29 heavy (non-hydrogen) atoms. The number of aryl methyl sites for hydroxylation is 2. The molecule has 0 saturated heterocycles. The monoisotopic (exact) mass is 419 g/mol. The Labute approximate surface area is 170 Å². The lowest BCUT2D eigenvalue weighted by molar-refractivity contribution is 0.0952. The molecule has 2 aromatic carbocycles. The summed E-state index contributed by atoms with van der Waals surface area (Å²) in [6.07, 6.45) is -0.540. The van der Waals surface area contributed by atoms with E-state index in [0.29, 0.717) is 11.3 Å². The Morgan fingerprint density at radius 2 is 1.59 bits per heavy atom. The van der Waals surface area contributed by atoms with E-state index in [4.69, 9.17) is 4.74 Å². The van der Waals surface area contributed by atoms with Gasteiger partial charge in [-0.1, -0.05) is 6.07 Å². The SMILES string of the molecule is CCOC(=O)NCCNC(=O)c1ccc(NS(=O)(=O)c2ccc(C)c(C)c2)cc1. The van der Waals surface area contributed by atoms with Crippen LogP contribution in [-0.2, 0) is 14.8 Å². The number of carbonyl (C=O) groups is 2. The predicted molar refractivity (Wildman–Crippen MR) is 111 cm³/mol. The summed E-state index contributed by atoms with van der Waals surface area (Å²) in [5, 5.41) is 5.15. The van der Waals surface area contributed by atoms with Crippen molar-refractivity contribution in [2.24, 2.45) is 0 Å². The normalized spacial score (nSPS) is 10.9. The van der Waals surface area contributed by atoms with Crippen LogP contribution in [0.25, 0.3) is 0 Å².